The number of piperazine rings is 1. The van der Waals surface area contributed by atoms with Gasteiger partial charge >= 0.3 is 0 Å². The van der Waals surface area contributed by atoms with Crippen LogP contribution in [0, 0.1) is 17.2 Å². The zero-order valence-corrected chi connectivity index (χ0v) is 10.2. The molecule has 0 aromatic rings. The van der Waals surface area contributed by atoms with Crippen molar-refractivity contribution < 1.29 is 4.79 Å². The van der Waals surface area contributed by atoms with Crippen LogP contribution in [0.15, 0.2) is 0 Å². The lowest BCUT2D eigenvalue weighted by molar-refractivity contribution is -0.124. The summed E-state index contributed by atoms with van der Waals surface area (Å²) in [5, 5.41) is 17.9. The predicted octanol–water partition coefficient (Wildman–Crippen LogP) is -0.223. The van der Waals surface area contributed by atoms with Crippen molar-refractivity contribution in [1.29, 1.82) is 5.26 Å². The zero-order chi connectivity index (χ0) is 12.1. The van der Waals surface area contributed by atoms with Crippen molar-refractivity contribution >= 4 is 17.5 Å². The largest absolute Gasteiger partial charge is 0.353 e. The lowest BCUT2D eigenvalue weighted by Gasteiger charge is -2.30. The van der Waals surface area contributed by atoms with E-state index in [2.05, 4.69) is 16.0 Å². The maximum absolute atomic E-state index is 11.7. The number of rotatable bonds is 3. The lowest BCUT2D eigenvalue weighted by atomic mass is 9.98. The Kier molecular flexibility index (Phi) is 5.00. The topological polar surface area (TPSA) is 77.0 Å². The Hall–Kier alpha value is -0.830. The summed E-state index contributed by atoms with van der Waals surface area (Å²) in [5.41, 5.74) is -0.235. The fraction of sp³-hybridized carbons (Fsp3) is 0.800. The molecule has 1 aliphatic rings. The lowest BCUT2D eigenvalue weighted by Crippen LogP contribution is -2.58. The minimum Gasteiger partial charge on any atom is -0.353 e. The number of nitrogens with one attached hydrogen (secondary N) is 3. The van der Waals surface area contributed by atoms with Gasteiger partial charge in [0.15, 0.2) is 0 Å². The number of amides is 1. The van der Waals surface area contributed by atoms with Crippen molar-refractivity contribution in [3.63, 3.8) is 0 Å². The average Bonchev–Trinajstić information content (AvgIpc) is 2.17. The van der Waals surface area contributed by atoms with Gasteiger partial charge in [0.05, 0.1) is 11.6 Å². The Morgan fingerprint density at radius 3 is 2.75 bits per heavy atom. The zero-order valence-electron chi connectivity index (χ0n) is 9.46. The van der Waals surface area contributed by atoms with Gasteiger partial charge in [-0.05, 0) is 13.8 Å². The number of hydrogen-bond donors (Lipinski definition) is 3. The first-order valence-corrected chi connectivity index (χ1v) is 5.79. The number of carbonyl (C=O) groups is 1. The molecule has 1 heterocycles. The summed E-state index contributed by atoms with van der Waals surface area (Å²) in [6, 6.07) is 1.82. The summed E-state index contributed by atoms with van der Waals surface area (Å²) in [4.78, 5) is 11.7. The van der Waals surface area contributed by atoms with Gasteiger partial charge in [0.25, 0.3) is 0 Å². The van der Waals surface area contributed by atoms with Crippen LogP contribution in [0.25, 0.3) is 0 Å². The third kappa shape index (κ3) is 3.63. The van der Waals surface area contributed by atoms with E-state index in [4.69, 9.17) is 16.9 Å². The highest BCUT2D eigenvalue weighted by Crippen LogP contribution is 2.09. The second kappa shape index (κ2) is 6.04. The van der Waals surface area contributed by atoms with E-state index in [1.165, 1.54) is 0 Å². The Balaban J connectivity index is 2.59. The van der Waals surface area contributed by atoms with Crippen LogP contribution in [0.5, 0.6) is 0 Å². The first-order chi connectivity index (χ1) is 7.54. The molecule has 6 heteroatoms. The van der Waals surface area contributed by atoms with E-state index >= 15 is 0 Å². The molecule has 1 amide bonds. The molecular formula is C10H17ClN4O. The van der Waals surface area contributed by atoms with Gasteiger partial charge in [0.2, 0.25) is 5.91 Å². The Morgan fingerprint density at radius 2 is 2.25 bits per heavy atom. The molecule has 1 fully saturated rings. The van der Waals surface area contributed by atoms with Gasteiger partial charge in [-0.25, -0.2) is 0 Å². The number of hydrogen-bond acceptors (Lipinski definition) is 4. The van der Waals surface area contributed by atoms with Gasteiger partial charge in [0, 0.05) is 25.2 Å². The molecular weight excluding hydrogens is 228 g/mol. The van der Waals surface area contributed by atoms with Crippen molar-refractivity contribution in [3.05, 3.63) is 0 Å². The summed E-state index contributed by atoms with van der Waals surface area (Å²) >= 11 is 5.91. The smallest absolute Gasteiger partial charge is 0.239 e. The highest BCUT2D eigenvalue weighted by molar-refractivity contribution is 6.20. The number of alkyl halides is 1. The van der Waals surface area contributed by atoms with Crippen LogP contribution in [-0.2, 0) is 4.79 Å². The van der Waals surface area contributed by atoms with Gasteiger partial charge < -0.3 is 10.6 Å². The summed E-state index contributed by atoms with van der Waals surface area (Å²) in [5.74, 6) is -0.959. The SMILES string of the molecule is CC(C)NC(=O)C(C#N)C1CNCC(Cl)N1. The number of nitriles is 1. The van der Waals surface area contributed by atoms with Crippen LogP contribution in [0.4, 0.5) is 0 Å². The minimum absolute atomic E-state index is 0.0340. The minimum atomic E-state index is -0.712. The number of halogens is 1. The van der Waals surface area contributed by atoms with Crippen molar-refractivity contribution in [2.45, 2.75) is 31.4 Å². The molecule has 3 unspecified atom stereocenters. The van der Waals surface area contributed by atoms with Gasteiger partial charge in [-0.1, -0.05) is 0 Å². The van der Waals surface area contributed by atoms with Crippen molar-refractivity contribution in [3.8, 4) is 6.07 Å². The maximum Gasteiger partial charge on any atom is 0.239 e. The Bertz CT molecular complexity index is 289. The average molecular weight is 245 g/mol. The fourth-order valence-corrected chi connectivity index (χ4v) is 1.91. The standard InChI is InChI=1S/C10H17ClN4O/c1-6(2)14-10(16)7(3-12)8-4-13-5-9(11)15-8/h6-9,13,15H,4-5H2,1-2H3,(H,14,16). The van der Waals surface area contributed by atoms with Crippen LogP contribution < -0.4 is 16.0 Å². The summed E-state index contributed by atoms with van der Waals surface area (Å²) in [6.07, 6.45) is 0. The highest BCUT2D eigenvalue weighted by atomic mass is 35.5. The number of carbonyl (C=O) groups excluding carboxylic acids is 1. The van der Waals surface area contributed by atoms with Crippen molar-refractivity contribution in [2.75, 3.05) is 13.1 Å². The quantitative estimate of drug-likeness (QED) is 0.474. The van der Waals surface area contributed by atoms with Gasteiger partial charge in [-0.3, -0.25) is 10.1 Å². The van der Waals surface area contributed by atoms with E-state index in [0.29, 0.717) is 13.1 Å². The number of nitrogens with zero attached hydrogens (tertiary/aromatic N) is 1. The molecule has 0 aliphatic carbocycles. The molecule has 0 aromatic heterocycles. The van der Waals surface area contributed by atoms with E-state index in [1.54, 1.807) is 0 Å². The van der Waals surface area contributed by atoms with Crippen LogP contribution in [0.2, 0.25) is 0 Å². The molecule has 16 heavy (non-hydrogen) atoms. The molecule has 0 aromatic carbocycles. The van der Waals surface area contributed by atoms with E-state index in [0.717, 1.165) is 0 Å². The molecule has 1 saturated heterocycles. The Morgan fingerprint density at radius 1 is 1.56 bits per heavy atom. The second-order valence-electron chi connectivity index (χ2n) is 4.17. The molecule has 0 saturated carbocycles. The molecule has 1 aliphatic heterocycles. The molecule has 0 spiro atoms. The van der Waals surface area contributed by atoms with Gasteiger partial charge in [0.1, 0.15) is 5.92 Å². The van der Waals surface area contributed by atoms with Gasteiger partial charge in [-0.2, -0.15) is 5.26 Å². The summed E-state index contributed by atoms with van der Waals surface area (Å²) < 4.78 is 0. The van der Waals surface area contributed by atoms with Crippen molar-refractivity contribution in [1.82, 2.24) is 16.0 Å². The molecule has 1 rings (SSSR count). The molecule has 0 radical (unpaired) electrons. The normalized spacial score (nSPS) is 27.2. The summed E-state index contributed by atoms with van der Waals surface area (Å²) in [7, 11) is 0. The van der Waals surface area contributed by atoms with Gasteiger partial charge in [-0.15, -0.1) is 11.6 Å². The first kappa shape index (κ1) is 13.2. The predicted molar refractivity (Wildman–Crippen MR) is 61.8 cm³/mol. The van der Waals surface area contributed by atoms with Crippen LogP contribution in [0.3, 0.4) is 0 Å². The van der Waals surface area contributed by atoms with E-state index in [1.807, 2.05) is 19.9 Å². The van der Waals surface area contributed by atoms with Crippen LogP contribution >= 0.6 is 11.6 Å². The third-order valence-corrected chi connectivity index (χ3v) is 2.62. The molecule has 3 N–H and O–H groups in total. The van der Waals surface area contributed by atoms with E-state index in [-0.39, 0.29) is 23.5 Å². The van der Waals surface area contributed by atoms with E-state index in [9.17, 15) is 4.79 Å². The maximum atomic E-state index is 11.7. The van der Waals surface area contributed by atoms with Crippen molar-refractivity contribution in [2.24, 2.45) is 5.92 Å². The molecule has 90 valence electrons. The monoisotopic (exact) mass is 244 g/mol. The molecule has 0 bridgehead atoms. The Labute approximate surface area is 101 Å². The third-order valence-electron chi connectivity index (χ3n) is 2.34. The second-order valence-corrected chi connectivity index (χ2v) is 4.70. The van der Waals surface area contributed by atoms with E-state index < -0.39 is 5.92 Å². The highest BCUT2D eigenvalue weighted by Gasteiger charge is 2.31. The molecule has 3 atom stereocenters. The molecule has 5 nitrogen and oxygen atoms in total. The van der Waals surface area contributed by atoms with Crippen LogP contribution in [0.1, 0.15) is 13.8 Å². The first-order valence-electron chi connectivity index (χ1n) is 5.35. The fourth-order valence-electron chi connectivity index (χ4n) is 1.64. The summed E-state index contributed by atoms with van der Waals surface area (Å²) in [6.45, 7) is 4.95. The van der Waals surface area contributed by atoms with Crippen LogP contribution in [-0.4, -0.2) is 36.6 Å².